The van der Waals surface area contributed by atoms with Gasteiger partial charge >= 0.3 is 0 Å². The van der Waals surface area contributed by atoms with Crippen molar-refractivity contribution in [2.24, 2.45) is 4.99 Å². The SMILES string of the molecule is C[C@H](NC(=O)CCc1cccc(O)c1)C(=O)N[C@@H]1CN(C)c2ccccc2C(c2ccccc2)=N1. The Bertz CT molecular complexity index is 1230. The van der Waals surface area contributed by atoms with Crippen LogP contribution in [-0.4, -0.2) is 48.4 Å². The summed E-state index contributed by atoms with van der Waals surface area (Å²) < 4.78 is 0. The van der Waals surface area contributed by atoms with Crippen LogP contribution < -0.4 is 15.5 Å². The second-order valence-electron chi connectivity index (χ2n) is 8.72. The van der Waals surface area contributed by atoms with E-state index in [0.29, 0.717) is 13.0 Å². The summed E-state index contributed by atoms with van der Waals surface area (Å²) >= 11 is 0. The zero-order chi connectivity index (χ0) is 24.8. The van der Waals surface area contributed by atoms with E-state index in [1.54, 1.807) is 25.1 Å². The van der Waals surface area contributed by atoms with Gasteiger partial charge in [-0.15, -0.1) is 0 Å². The number of benzodiazepines with no additional fused rings is 1. The average Bonchev–Trinajstić information content (AvgIpc) is 2.99. The number of hydrogen-bond donors (Lipinski definition) is 3. The number of nitrogens with zero attached hydrogens (tertiary/aromatic N) is 2. The molecule has 0 saturated carbocycles. The van der Waals surface area contributed by atoms with Crippen molar-refractivity contribution in [3.05, 3.63) is 95.6 Å². The molecule has 180 valence electrons. The largest absolute Gasteiger partial charge is 0.508 e. The Morgan fingerprint density at radius 1 is 1.06 bits per heavy atom. The fourth-order valence-electron chi connectivity index (χ4n) is 4.17. The van der Waals surface area contributed by atoms with Crippen LogP contribution in [0.3, 0.4) is 0 Å². The van der Waals surface area contributed by atoms with Gasteiger partial charge in [0.25, 0.3) is 0 Å². The van der Waals surface area contributed by atoms with Gasteiger partial charge in [-0.1, -0.05) is 60.7 Å². The predicted octanol–water partition coefficient (Wildman–Crippen LogP) is 3.26. The second-order valence-corrected chi connectivity index (χ2v) is 8.72. The standard InChI is InChI=1S/C28H30N4O3/c1-19(29-26(34)16-15-20-9-8-12-22(33)17-20)28(35)31-25-18-32(2)24-14-7-6-13-23(24)27(30-25)21-10-4-3-5-11-21/h3-14,17,19,25,33H,15-16,18H2,1-2H3,(H,29,34)(H,31,35)/t19-,25+/m0/s1. The van der Waals surface area contributed by atoms with Crippen molar-refractivity contribution in [2.45, 2.75) is 32.0 Å². The number of carbonyl (C=O) groups is 2. The van der Waals surface area contributed by atoms with E-state index < -0.39 is 12.2 Å². The monoisotopic (exact) mass is 470 g/mol. The normalized spacial score (nSPS) is 15.9. The molecule has 2 amide bonds. The van der Waals surface area contributed by atoms with Crippen LogP contribution in [0, 0.1) is 0 Å². The van der Waals surface area contributed by atoms with Crippen LogP contribution in [-0.2, 0) is 16.0 Å². The maximum Gasteiger partial charge on any atom is 0.243 e. The van der Waals surface area contributed by atoms with Crippen LogP contribution in [0.5, 0.6) is 5.75 Å². The highest BCUT2D eigenvalue weighted by atomic mass is 16.3. The number of phenols is 1. The van der Waals surface area contributed by atoms with E-state index in [0.717, 1.165) is 28.1 Å². The molecule has 1 heterocycles. The Morgan fingerprint density at radius 2 is 1.80 bits per heavy atom. The van der Waals surface area contributed by atoms with Crippen LogP contribution in [0.1, 0.15) is 30.0 Å². The topological polar surface area (TPSA) is 94.0 Å². The summed E-state index contributed by atoms with van der Waals surface area (Å²) in [5.41, 5.74) is 4.70. The first-order valence-corrected chi connectivity index (χ1v) is 11.7. The van der Waals surface area contributed by atoms with Crippen molar-refractivity contribution >= 4 is 23.2 Å². The number of likely N-dealkylation sites (N-methyl/N-ethyl adjacent to an activating group) is 1. The van der Waals surface area contributed by atoms with E-state index in [9.17, 15) is 14.7 Å². The molecule has 7 nitrogen and oxygen atoms in total. The zero-order valence-corrected chi connectivity index (χ0v) is 19.9. The van der Waals surface area contributed by atoms with Gasteiger partial charge in [0, 0.05) is 30.3 Å². The number of aromatic hydroxyl groups is 1. The van der Waals surface area contributed by atoms with Crippen molar-refractivity contribution in [1.82, 2.24) is 10.6 Å². The fraction of sp³-hybridized carbons (Fsp3) is 0.250. The Morgan fingerprint density at radius 3 is 2.57 bits per heavy atom. The lowest BCUT2D eigenvalue weighted by molar-refractivity contribution is -0.128. The van der Waals surface area contributed by atoms with Crippen LogP contribution in [0.4, 0.5) is 5.69 Å². The predicted molar refractivity (Wildman–Crippen MR) is 138 cm³/mol. The molecule has 0 saturated heterocycles. The number of rotatable bonds is 7. The summed E-state index contributed by atoms with van der Waals surface area (Å²) in [5.74, 6) is -0.354. The van der Waals surface area contributed by atoms with E-state index in [2.05, 4.69) is 15.5 Å². The van der Waals surface area contributed by atoms with Gasteiger partial charge in [0.2, 0.25) is 11.8 Å². The third-order valence-corrected chi connectivity index (χ3v) is 5.98. The summed E-state index contributed by atoms with van der Waals surface area (Å²) in [6, 6.07) is 24.1. The van der Waals surface area contributed by atoms with Gasteiger partial charge in [-0.2, -0.15) is 0 Å². The molecule has 0 spiro atoms. The van der Waals surface area contributed by atoms with Gasteiger partial charge in [-0.05, 0) is 37.1 Å². The van der Waals surface area contributed by atoms with Gasteiger partial charge in [0.15, 0.2) is 0 Å². The Hall–Kier alpha value is -4.13. The minimum atomic E-state index is -0.710. The molecule has 0 aromatic heterocycles. The Labute approximate surface area is 205 Å². The fourth-order valence-corrected chi connectivity index (χ4v) is 4.17. The molecule has 2 atom stereocenters. The van der Waals surface area contributed by atoms with Gasteiger partial charge in [0.1, 0.15) is 18.0 Å². The summed E-state index contributed by atoms with van der Waals surface area (Å²) in [4.78, 5) is 32.4. The molecule has 35 heavy (non-hydrogen) atoms. The van der Waals surface area contributed by atoms with Crippen molar-refractivity contribution in [3.63, 3.8) is 0 Å². The van der Waals surface area contributed by atoms with Crippen molar-refractivity contribution in [3.8, 4) is 5.75 Å². The molecule has 1 aliphatic heterocycles. The number of anilines is 1. The molecule has 0 fully saturated rings. The number of nitrogens with one attached hydrogen (secondary N) is 2. The van der Waals surface area contributed by atoms with Crippen molar-refractivity contribution in [2.75, 3.05) is 18.5 Å². The van der Waals surface area contributed by atoms with Crippen LogP contribution in [0.15, 0.2) is 83.9 Å². The highest BCUT2D eigenvalue weighted by molar-refractivity contribution is 6.16. The Balaban J connectivity index is 1.43. The number of fused-ring (bicyclic) bond motifs is 1. The van der Waals surface area contributed by atoms with Crippen LogP contribution in [0.25, 0.3) is 0 Å². The van der Waals surface area contributed by atoms with Crippen LogP contribution in [0.2, 0.25) is 0 Å². The molecule has 3 N–H and O–H groups in total. The van der Waals surface area contributed by atoms with Crippen molar-refractivity contribution < 1.29 is 14.7 Å². The average molecular weight is 471 g/mol. The summed E-state index contributed by atoms with van der Waals surface area (Å²) in [7, 11) is 1.98. The van der Waals surface area contributed by atoms with E-state index in [4.69, 9.17) is 4.99 Å². The molecule has 0 aliphatic carbocycles. The number of aryl methyl sites for hydroxylation is 1. The van der Waals surface area contributed by atoms with Gasteiger partial charge in [0.05, 0.1) is 12.3 Å². The van der Waals surface area contributed by atoms with E-state index in [-0.39, 0.29) is 24.0 Å². The highest BCUT2D eigenvalue weighted by Crippen LogP contribution is 2.26. The van der Waals surface area contributed by atoms with Gasteiger partial charge < -0.3 is 20.6 Å². The Kier molecular flexibility index (Phi) is 7.45. The molecule has 3 aromatic rings. The summed E-state index contributed by atoms with van der Waals surface area (Å²) in [5, 5.41) is 15.3. The molecule has 4 rings (SSSR count). The van der Waals surface area contributed by atoms with E-state index in [1.165, 1.54) is 0 Å². The first-order valence-electron chi connectivity index (χ1n) is 11.7. The number of carbonyl (C=O) groups excluding carboxylic acids is 2. The maximum atomic E-state index is 13.0. The zero-order valence-electron chi connectivity index (χ0n) is 19.9. The number of amides is 2. The number of para-hydroxylation sites is 1. The molecule has 0 radical (unpaired) electrons. The lowest BCUT2D eigenvalue weighted by Crippen LogP contribution is -2.50. The molecule has 7 heteroatoms. The first-order chi connectivity index (χ1) is 16.9. The lowest BCUT2D eigenvalue weighted by atomic mass is 10.0. The molecular weight excluding hydrogens is 440 g/mol. The molecule has 1 aliphatic rings. The number of hydrogen-bond acceptors (Lipinski definition) is 5. The third kappa shape index (κ3) is 6.06. The molecule has 3 aromatic carbocycles. The number of phenolic OH excluding ortho intramolecular Hbond substituents is 1. The third-order valence-electron chi connectivity index (χ3n) is 5.98. The van der Waals surface area contributed by atoms with Gasteiger partial charge in [-0.3, -0.25) is 14.6 Å². The minimum absolute atomic E-state index is 0.168. The first kappa shape index (κ1) is 24.0. The quantitative estimate of drug-likeness (QED) is 0.494. The molecule has 0 bridgehead atoms. The van der Waals surface area contributed by atoms with Crippen LogP contribution >= 0.6 is 0 Å². The highest BCUT2D eigenvalue weighted by Gasteiger charge is 2.25. The van der Waals surface area contributed by atoms with E-state index >= 15 is 0 Å². The second kappa shape index (κ2) is 10.9. The summed E-state index contributed by atoms with van der Waals surface area (Å²) in [6.45, 7) is 2.16. The summed E-state index contributed by atoms with van der Waals surface area (Å²) in [6.07, 6.45) is 0.214. The van der Waals surface area contributed by atoms with E-state index in [1.807, 2.05) is 67.7 Å². The van der Waals surface area contributed by atoms with Gasteiger partial charge in [-0.25, -0.2) is 0 Å². The number of benzene rings is 3. The minimum Gasteiger partial charge on any atom is -0.508 e. The lowest BCUT2D eigenvalue weighted by Gasteiger charge is -2.24. The van der Waals surface area contributed by atoms with Crippen molar-refractivity contribution in [1.29, 1.82) is 0 Å². The molecule has 0 unspecified atom stereocenters. The smallest absolute Gasteiger partial charge is 0.243 e. The number of aliphatic imine (C=N–C) groups is 1. The molecular formula is C28H30N4O3. The maximum absolute atomic E-state index is 13.0.